The normalized spacial score (nSPS) is 11.1. The average Bonchev–Trinajstić information content (AvgIpc) is 2.22. The minimum absolute atomic E-state index is 0.581. The van der Waals surface area contributed by atoms with E-state index in [2.05, 4.69) is 0 Å². The van der Waals surface area contributed by atoms with Crippen molar-refractivity contribution in [3.05, 3.63) is 28.3 Å². The number of amides is 1. The fourth-order valence-electron chi connectivity index (χ4n) is 1.30. The lowest BCUT2D eigenvalue weighted by Gasteiger charge is -2.20. The van der Waals surface area contributed by atoms with Crippen molar-refractivity contribution in [3.63, 3.8) is 0 Å². The zero-order chi connectivity index (χ0) is 15.7. The van der Waals surface area contributed by atoms with E-state index < -0.39 is 45.6 Å². The van der Waals surface area contributed by atoms with Gasteiger partial charge in [-0.05, 0) is 26.8 Å². The van der Waals surface area contributed by atoms with E-state index in [-0.39, 0.29) is 0 Å². The summed E-state index contributed by atoms with van der Waals surface area (Å²) in [6, 6.07) is 0.766. The Bertz CT molecular complexity index is 570. The first-order chi connectivity index (χ1) is 9.03. The maximum Gasteiger partial charge on any atom is 0.412 e. The Balaban J connectivity index is 3.15. The quantitative estimate of drug-likeness (QED) is 0.817. The zero-order valence-electron chi connectivity index (χ0n) is 10.9. The first-order valence-corrected chi connectivity index (χ1v) is 5.81. The van der Waals surface area contributed by atoms with Crippen molar-refractivity contribution in [2.45, 2.75) is 26.4 Å². The second-order valence-electron chi connectivity index (χ2n) is 4.84. The number of nitrogens with one attached hydrogen (secondary N) is 1. The molecular formula is C12H12ClF2NO4. The molecular weight excluding hydrogens is 296 g/mol. The van der Waals surface area contributed by atoms with Crippen LogP contribution in [0.3, 0.4) is 0 Å². The van der Waals surface area contributed by atoms with E-state index >= 15 is 0 Å². The van der Waals surface area contributed by atoms with Gasteiger partial charge in [-0.1, -0.05) is 11.6 Å². The standard InChI is InChI=1S/C12H12ClF2NO4/c1-12(2,3)20-11(19)16-6-4-5(13)8(14)7(9(6)15)10(17)18/h4H,1-3H3,(H,16,19)(H,17,18). The third-order valence-corrected chi connectivity index (χ3v) is 2.28. The molecule has 0 heterocycles. The summed E-state index contributed by atoms with van der Waals surface area (Å²) in [5.74, 6) is -4.69. The van der Waals surface area contributed by atoms with E-state index in [1.807, 2.05) is 5.32 Å². The van der Waals surface area contributed by atoms with Crippen molar-refractivity contribution in [2.75, 3.05) is 5.32 Å². The molecule has 0 aliphatic rings. The highest BCUT2D eigenvalue weighted by Gasteiger charge is 2.25. The SMILES string of the molecule is CC(C)(C)OC(=O)Nc1cc(Cl)c(F)c(C(=O)O)c1F. The summed E-state index contributed by atoms with van der Waals surface area (Å²) in [7, 11) is 0. The van der Waals surface area contributed by atoms with Crippen molar-refractivity contribution in [1.82, 2.24) is 0 Å². The number of rotatable bonds is 2. The Morgan fingerprint density at radius 3 is 2.30 bits per heavy atom. The first kappa shape index (κ1) is 16.2. The van der Waals surface area contributed by atoms with Crippen LogP contribution in [-0.2, 0) is 4.74 Å². The van der Waals surface area contributed by atoms with Gasteiger partial charge in [-0.3, -0.25) is 5.32 Å². The van der Waals surface area contributed by atoms with Gasteiger partial charge >= 0.3 is 12.1 Å². The maximum absolute atomic E-state index is 13.8. The van der Waals surface area contributed by atoms with Crippen molar-refractivity contribution in [1.29, 1.82) is 0 Å². The summed E-state index contributed by atoms with van der Waals surface area (Å²) in [6.07, 6.45) is -1.02. The predicted octanol–water partition coefficient (Wildman–Crippen LogP) is 3.66. The molecule has 1 aromatic rings. The van der Waals surface area contributed by atoms with Crippen molar-refractivity contribution >= 4 is 29.4 Å². The molecule has 0 atom stereocenters. The highest BCUT2D eigenvalue weighted by Crippen LogP contribution is 2.28. The van der Waals surface area contributed by atoms with Crippen LogP contribution < -0.4 is 5.32 Å². The molecule has 8 heteroatoms. The van der Waals surface area contributed by atoms with Crippen molar-refractivity contribution < 1.29 is 28.2 Å². The molecule has 0 aliphatic heterocycles. The molecule has 0 saturated carbocycles. The van der Waals surface area contributed by atoms with Gasteiger partial charge < -0.3 is 9.84 Å². The Labute approximate surface area is 118 Å². The van der Waals surface area contributed by atoms with E-state index in [9.17, 15) is 18.4 Å². The van der Waals surface area contributed by atoms with Crippen molar-refractivity contribution in [2.24, 2.45) is 0 Å². The van der Waals surface area contributed by atoms with Crippen LogP contribution >= 0.6 is 11.6 Å². The summed E-state index contributed by atoms with van der Waals surface area (Å²) in [5, 5.41) is 10.1. The molecule has 110 valence electrons. The summed E-state index contributed by atoms with van der Waals surface area (Å²) < 4.78 is 32.1. The number of carbonyl (C=O) groups is 2. The number of anilines is 1. The van der Waals surface area contributed by atoms with E-state index in [0.717, 1.165) is 6.07 Å². The molecule has 5 nitrogen and oxygen atoms in total. The van der Waals surface area contributed by atoms with E-state index in [1.54, 1.807) is 20.8 Å². The predicted molar refractivity (Wildman–Crippen MR) is 68.2 cm³/mol. The number of hydrogen-bond donors (Lipinski definition) is 2. The van der Waals surface area contributed by atoms with Gasteiger partial charge in [0.15, 0.2) is 11.6 Å². The lowest BCUT2D eigenvalue weighted by Crippen LogP contribution is -2.27. The second-order valence-corrected chi connectivity index (χ2v) is 5.25. The van der Waals surface area contributed by atoms with Crippen LogP contribution in [0.25, 0.3) is 0 Å². The Hall–Kier alpha value is -1.89. The van der Waals surface area contributed by atoms with Gasteiger partial charge in [-0.2, -0.15) is 0 Å². The third-order valence-electron chi connectivity index (χ3n) is 2.01. The van der Waals surface area contributed by atoms with Gasteiger partial charge in [-0.15, -0.1) is 0 Å². The lowest BCUT2D eigenvalue weighted by atomic mass is 10.1. The second kappa shape index (κ2) is 5.62. The zero-order valence-corrected chi connectivity index (χ0v) is 11.6. The number of halogens is 3. The highest BCUT2D eigenvalue weighted by atomic mass is 35.5. The minimum atomic E-state index is -1.84. The smallest absolute Gasteiger partial charge is 0.412 e. The largest absolute Gasteiger partial charge is 0.477 e. The molecule has 0 bridgehead atoms. The summed E-state index contributed by atoms with van der Waals surface area (Å²) in [6.45, 7) is 4.76. The Morgan fingerprint density at radius 1 is 1.30 bits per heavy atom. The lowest BCUT2D eigenvalue weighted by molar-refractivity contribution is 0.0630. The van der Waals surface area contributed by atoms with E-state index in [1.165, 1.54) is 0 Å². The van der Waals surface area contributed by atoms with Gasteiger partial charge in [0.05, 0.1) is 10.7 Å². The molecule has 0 radical (unpaired) electrons. The van der Waals surface area contributed by atoms with Gasteiger partial charge in [0.25, 0.3) is 0 Å². The van der Waals surface area contributed by atoms with Crippen LogP contribution in [-0.4, -0.2) is 22.8 Å². The van der Waals surface area contributed by atoms with Crippen LogP contribution in [0.2, 0.25) is 5.02 Å². The molecule has 20 heavy (non-hydrogen) atoms. The Kier molecular flexibility index (Phi) is 4.54. The van der Waals surface area contributed by atoms with Gasteiger partial charge in [0.1, 0.15) is 11.2 Å². The number of aromatic carboxylic acids is 1. The van der Waals surface area contributed by atoms with Crippen LogP contribution in [0.4, 0.5) is 19.3 Å². The molecule has 1 aromatic carbocycles. The first-order valence-electron chi connectivity index (χ1n) is 5.43. The molecule has 0 aromatic heterocycles. The Morgan fingerprint density at radius 2 is 1.85 bits per heavy atom. The van der Waals surface area contributed by atoms with Crippen molar-refractivity contribution in [3.8, 4) is 0 Å². The topological polar surface area (TPSA) is 75.6 Å². The molecule has 2 N–H and O–H groups in total. The number of carboxylic acid groups (broad SMARTS) is 1. The monoisotopic (exact) mass is 307 g/mol. The van der Waals surface area contributed by atoms with Gasteiger partial charge in [0, 0.05) is 0 Å². The van der Waals surface area contributed by atoms with Gasteiger partial charge in [-0.25, -0.2) is 18.4 Å². The molecule has 0 unspecified atom stereocenters. The number of carboxylic acids is 1. The minimum Gasteiger partial charge on any atom is -0.477 e. The maximum atomic E-state index is 13.8. The molecule has 1 amide bonds. The number of ether oxygens (including phenoxy) is 1. The fraction of sp³-hybridized carbons (Fsp3) is 0.333. The van der Waals surface area contributed by atoms with E-state index in [4.69, 9.17) is 21.4 Å². The molecule has 0 fully saturated rings. The van der Waals surface area contributed by atoms with Crippen LogP contribution in [0, 0.1) is 11.6 Å². The van der Waals surface area contributed by atoms with Gasteiger partial charge in [0.2, 0.25) is 0 Å². The van der Waals surface area contributed by atoms with Crippen LogP contribution in [0.15, 0.2) is 6.07 Å². The molecule has 0 spiro atoms. The highest BCUT2D eigenvalue weighted by molar-refractivity contribution is 6.31. The third kappa shape index (κ3) is 3.80. The van der Waals surface area contributed by atoms with Crippen LogP contribution in [0.5, 0.6) is 0 Å². The molecule has 1 rings (SSSR count). The van der Waals surface area contributed by atoms with E-state index in [0.29, 0.717) is 0 Å². The number of benzene rings is 1. The number of carbonyl (C=O) groups excluding carboxylic acids is 1. The number of hydrogen-bond acceptors (Lipinski definition) is 3. The fourth-order valence-corrected chi connectivity index (χ4v) is 1.50. The van der Waals surface area contributed by atoms with Crippen LogP contribution in [0.1, 0.15) is 31.1 Å². The molecule has 0 saturated heterocycles. The molecule has 0 aliphatic carbocycles. The average molecular weight is 308 g/mol. The summed E-state index contributed by atoms with van der Waals surface area (Å²) in [4.78, 5) is 22.3. The summed E-state index contributed by atoms with van der Waals surface area (Å²) in [5.41, 5.74) is -2.66. The summed E-state index contributed by atoms with van der Waals surface area (Å²) >= 11 is 5.45.